The first-order chi connectivity index (χ1) is 11.7. The van der Waals surface area contributed by atoms with Crippen molar-refractivity contribution in [2.45, 2.75) is 45.4 Å². The summed E-state index contributed by atoms with van der Waals surface area (Å²) in [6.07, 6.45) is -0.865. The quantitative estimate of drug-likeness (QED) is 0.836. The third kappa shape index (κ3) is 4.93. The van der Waals surface area contributed by atoms with Crippen LogP contribution in [0.2, 0.25) is 0 Å². The van der Waals surface area contributed by atoms with Gasteiger partial charge in [0.15, 0.2) is 0 Å². The van der Waals surface area contributed by atoms with Crippen LogP contribution in [0.1, 0.15) is 39.0 Å². The maximum absolute atomic E-state index is 12.1. The molecule has 0 radical (unpaired) electrons. The van der Waals surface area contributed by atoms with E-state index in [1.54, 1.807) is 32.5 Å². The van der Waals surface area contributed by atoms with Crippen molar-refractivity contribution >= 4 is 17.0 Å². The Morgan fingerprint density at radius 3 is 2.68 bits per heavy atom. The molecule has 7 nitrogen and oxygen atoms in total. The number of nitrogens with zero attached hydrogens (tertiary/aromatic N) is 3. The van der Waals surface area contributed by atoms with Gasteiger partial charge in [-0.3, -0.25) is 4.68 Å². The van der Waals surface area contributed by atoms with E-state index in [-0.39, 0.29) is 13.2 Å². The van der Waals surface area contributed by atoms with Crippen LogP contribution in [0.15, 0.2) is 24.3 Å². The van der Waals surface area contributed by atoms with Gasteiger partial charge in [0.25, 0.3) is 0 Å². The Bertz CT molecular complexity index is 721. The van der Waals surface area contributed by atoms with Crippen molar-refractivity contribution in [3.63, 3.8) is 0 Å². The van der Waals surface area contributed by atoms with Gasteiger partial charge in [-0.1, -0.05) is 18.2 Å². The highest BCUT2D eigenvalue weighted by Gasteiger charge is 2.25. The number of aliphatic hydroxyl groups is 2. The highest BCUT2D eigenvalue weighted by molar-refractivity contribution is 5.82. The van der Waals surface area contributed by atoms with E-state index in [4.69, 9.17) is 9.84 Å². The Balaban J connectivity index is 2.22. The van der Waals surface area contributed by atoms with E-state index in [1.807, 2.05) is 24.3 Å². The van der Waals surface area contributed by atoms with Gasteiger partial charge in [-0.15, -0.1) is 0 Å². The lowest BCUT2D eigenvalue weighted by Crippen LogP contribution is -2.36. The lowest BCUT2D eigenvalue weighted by molar-refractivity contribution is 0.0198. The number of hydrogen-bond acceptors (Lipinski definition) is 5. The first-order valence-corrected chi connectivity index (χ1v) is 8.41. The molecule has 0 aliphatic carbocycles. The van der Waals surface area contributed by atoms with Gasteiger partial charge in [-0.25, -0.2) is 4.79 Å². The maximum atomic E-state index is 12.1. The van der Waals surface area contributed by atoms with Crippen molar-refractivity contribution in [3.8, 4) is 0 Å². The number of ether oxygens (including phenoxy) is 1. The van der Waals surface area contributed by atoms with Crippen LogP contribution in [-0.2, 0) is 11.3 Å². The maximum Gasteiger partial charge on any atom is 0.410 e. The number of hydrogen-bond donors (Lipinski definition) is 2. The topological polar surface area (TPSA) is 87.8 Å². The minimum atomic E-state index is -0.913. The average molecular weight is 349 g/mol. The van der Waals surface area contributed by atoms with Gasteiger partial charge in [0.2, 0.25) is 0 Å². The predicted octanol–water partition coefficient (Wildman–Crippen LogP) is 2.32. The Kier molecular flexibility index (Phi) is 6.02. The van der Waals surface area contributed by atoms with E-state index in [2.05, 4.69) is 5.10 Å². The normalized spacial score (nSPS) is 13.0. The molecule has 138 valence electrons. The van der Waals surface area contributed by atoms with E-state index in [1.165, 1.54) is 4.90 Å². The van der Waals surface area contributed by atoms with Crippen LogP contribution < -0.4 is 0 Å². The smallest absolute Gasteiger partial charge is 0.410 e. The number of carbonyl (C=O) groups excluding carboxylic acids is 1. The zero-order valence-electron chi connectivity index (χ0n) is 15.3. The Morgan fingerprint density at radius 2 is 2.04 bits per heavy atom. The number of amides is 1. The number of aryl methyl sites for hydroxylation is 1. The number of carbonyl (C=O) groups is 1. The molecule has 0 saturated carbocycles. The van der Waals surface area contributed by atoms with Gasteiger partial charge in [-0.2, -0.15) is 5.10 Å². The molecule has 1 aromatic heterocycles. The van der Waals surface area contributed by atoms with Crippen molar-refractivity contribution in [2.75, 3.05) is 20.2 Å². The van der Waals surface area contributed by atoms with Gasteiger partial charge >= 0.3 is 6.09 Å². The summed E-state index contributed by atoms with van der Waals surface area (Å²) in [5.41, 5.74) is 0.820. The van der Waals surface area contributed by atoms with Crippen LogP contribution in [0.3, 0.4) is 0 Å². The molecule has 2 rings (SSSR count). The summed E-state index contributed by atoms with van der Waals surface area (Å²) < 4.78 is 7.02. The summed E-state index contributed by atoms with van der Waals surface area (Å²) in [7, 11) is 1.59. The summed E-state index contributed by atoms with van der Waals surface area (Å²) in [6, 6.07) is 7.53. The van der Waals surface area contributed by atoms with Crippen LogP contribution in [0, 0.1) is 0 Å². The highest BCUT2D eigenvalue weighted by atomic mass is 16.6. The fourth-order valence-corrected chi connectivity index (χ4v) is 2.60. The standard InChI is InChI=1S/C18H27N3O4/c1-18(2,3)25-17(24)20(4)12-15(23)16-13-8-5-6-9-14(13)19-21(16)10-7-11-22/h5-6,8-9,15,22-23H,7,10-12H2,1-4H3/t15-/m1/s1. The summed E-state index contributed by atoms with van der Waals surface area (Å²) in [6.45, 7) is 6.02. The Labute approximate surface area is 147 Å². The van der Waals surface area contributed by atoms with E-state index in [0.29, 0.717) is 18.7 Å². The van der Waals surface area contributed by atoms with Gasteiger partial charge < -0.3 is 19.8 Å². The fraction of sp³-hybridized carbons (Fsp3) is 0.556. The number of fused-ring (bicyclic) bond motifs is 1. The van der Waals surface area contributed by atoms with E-state index in [0.717, 1.165) is 10.9 Å². The number of rotatable bonds is 6. The molecule has 0 fully saturated rings. The van der Waals surface area contributed by atoms with E-state index >= 15 is 0 Å². The predicted molar refractivity (Wildman–Crippen MR) is 95.3 cm³/mol. The first kappa shape index (κ1) is 19.2. The van der Waals surface area contributed by atoms with Gasteiger partial charge in [-0.05, 0) is 33.3 Å². The molecule has 0 saturated heterocycles. The van der Waals surface area contributed by atoms with Crippen LogP contribution in [0.4, 0.5) is 4.79 Å². The van der Waals surface area contributed by atoms with Crippen LogP contribution in [0.25, 0.3) is 10.9 Å². The molecule has 7 heteroatoms. The fourth-order valence-electron chi connectivity index (χ4n) is 2.60. The number of aromatic nitrogens is 2. The molecule has 2 N–H and O–H groups in total. The summed E-state index contributed by atoms with van der Waals surface area (Å²) in [5, 5.41) is 25.1. The van der Waals surface area contributed by atoms with Crippen molar-refractivity contribution < 1.29 is 19.7 Å². The van der Waals surface area contributed by atoms with E-state index < -0.39 is 17.8 Å². The summed E-state index contributed by atoms with van der Waals surface area (Å²) >= 11 is 0. The molecule has 1 atom stereocenters. The number of benzene rings is 1. The molecule has 0 unspecified atom stereocenters. The SMILES string of the molecule is CN(C[C@@H](O)c1c2ccccc2nn1CCCO)C(=O)OC(C)(C)C. The second kappa shape index (κ2) is 7.84. The molecule has 0 aliphatic rings. The van der Waals surface area contributed by atoms with Crippen molar-refractivity contribution in [2.24, 2.45) is 0 Å². The second-order valence-corrected chi connectivity index (χ2v) is 7.08. The van der Waals surface area contributed by atoms with E-state index in [9.17, 15) is 9.90 Å². The largest absolute Gasteiger partial charge is 0.444 e. The van der Waals surface area contributed by atoms with Crippen molar-refractivity contribution in [1.29, 1.82) is 0 Å². The van der Waals surface area contributed by atoms with Crippen LogP contribution >= 0.6 is 0 Å². The molecule has 0 spiro atoms. The van der Waals surface area contributed by atoms with Crippen molar-refractivity contribution in [3.05, 3.63) is 30.0 Å². The summed E-state index contributed by atoms with van der Waals surface area (Å²) in [4.78, 5) is 13.5. The molecule has 1 aromatic carbocycles. The lowest BCUT2D eigenvalue weighted by Gasteiger charge is -2.26. The zero-order chi connectivity index (χ0) is 18.6. The minimum Gasteiger partial charge on any atom is -0.444 e. The average Bonchev–Trinajstić information content (AvgIpc) is 2.89. The number of aliphatic hydroxyl groups excluding tert-OH is 2. The molecular formula is C18H27N3O4. The second-order valence-electron chi connectivity index (χ2n) is 7.08. The minimum absolute atomic E-state index is 0.0452. The molecule has 1 amide bonds. The third-order valence-corrected chi connectivity index (χ3v) is 3.68. The lowest BCUT2D eigenvalue weighted by atomic mass is 10.1. The van der Waals surface area contributed by atoms with Crippen LogP contribution in [0.5, 0.6) is 0 Å². The van der Waals surface area contributed by atoms with Gasteiger partial charge in [0.1, 0.15) is 11.7 Å². The molecule has 0 aliphatic heterocycles. The Hall–Kier alpha value is -2.12. The third-order valence-electron chi connectivity index (χ3n) is 3.68. The molecule has 0 bridgehead atoms. The number of likely N-dealkylation sites (N-methyl/N-ethyl adjacent to an activating group) is 1. The first-order valence-electron chi connectivity index (χ1n) is 8.41. The molecule has 25 heavy (non-hydrogen) atoms. The van der Waals surface area contributed by atoms with Crippen molar-refractivity contribution in [1.82, 2.24) is 14.7 Å². The molecule has 2 aromatic rings. The van der Waals surface area contributed by atoms with Gasteiger partial charge in [0.05, 0.1) is 17.8 Å². The Morgan fingerprint density at radius 1 is 1.36 bits per heavy atom. The molecule has 1 heterocycles. The van der Waals surface area contributed by atoms with Gasteiger partial charge in [0, 0.05) is 25.6 Å². The molecular weight excluding hydrogens is 322 g/mol. The van der Waals surface area contributed by atoms with Crippen LogP contribution in [-0.4, -0.2) is 56.8 Å². The monoisotopic (exact) mass is 349 g/mol. The highest BCUT2D eigenvalue weighted by Crippen LogP contribution is 2.25. The summed E-state index contributed by atoms with van der Waals surface area (Å²) in [5.74, 6) is 0. The zero-order valence-corrected chi connectivity index (χ0v) is 15.3.